The Morgan fingerprint density at radius 1 is 1.04 bits per heavy atom. The molecule has 134 valence electrons. The van der Waals surface area contributed by atoms with Gasteiger partial charge in [0, 0.05) is 11.6 Å². The summed E-state index contributed by atoms with van der Waals surface area (Å²) in [6.45, 7) is 1.66. The first-order valence-electron chi connectivity index (χ1n) is 7.94. The molecule has 0 saturated heterocycles. The summed E-state index contributed by atoms with van der Waals surface area (Å²) < 4.78 is 21.4. The predicted octanol–water partition coefficient (Wildman–Crippen LogP) is 3.67. The van der Waals surface area contributed by atoms with Crippen LogP contribution in [-0.2, 0) is 4.74 Å². The molecule has 0 amide bonds. The van der Waals surface area contributed by atoms with Gasteiger partial charge in [-0.05, 0) is 31.2 Å². The van der Waals surface area contributed by atoms with Crippen LogP contribution in [-0.4, -0.2) is 30.4 Å². The van der Waals surface area contributed by atoms with E-state index in [9.17, 15) is 4.79 Å². The minimum absolute atomic E-state index is 0.213. The van der Waals surface area contributed by atoms with Gasteiger partial charge >= 0.3 is 5.97 Å². The molecule has 0 fully saturated rings. The molecule has 1 heterocycles. The Kier molecular flexibility index (Phi) is 5.17. The molecule has 0 aliphatic heterocycles. The normalized spacial score (nSPS) is 11.7. The predicted molar refractivity (Wildman–Crippen MR) is 93.1 cm³/mol. The lowest BCUT2D eigenvalue weighted by Crippen LogP contribution is -2.11. The first kappa shape index (κ1) is 17.5. The number of aromatic nitrogens is 2. The highest BCUT2D eigenvalue weighted by molar-refractivity contribution is 5.92. The van der Waals surface area contributed by atoms with Crippen molar-refractivity contribution in [2.24, 2.45) is 0 Å². The molecular formula is C19H18N2O5. The zero-order valence-corrected chi connectivity index (χ0v) is 14.6. The monoisotopic (exact) mass is 354 g/mol. The van der Waals surface area contributed by atoms with Gasteiger partial charge < -0.3 is 18.6 Å². The van der Waals surface area contributed by atoms with Crippen molar-refractivity contribution in [1.82, 2.24) is 10.2 Å². The summed E-state index contributed by atoms with van der Waals surface area (Å²) in [4.78, 5) is 12.5. The van der Waals surface area contributed by atoms with Crippen LogP contribution in [0.15, 0.2) is 52.9 Å². The van der Waals surface area contributed by atoms with Crippen LogP contribution in [0.2, 0.25) is 0 Å². The Morgan fingerprint density at radius 3 is 2.50 bits per heavy atom. The quantitative estimate of drug-likeness (QED) is 0.624. The van der Waals surface area contributed by atoms with Gasteiger partial charge in [-0.3, -0.25) is 0 Å². The molecule has 0 aliphatic carbocycles. The van der Waals surface area contributed by atoms with Crippen LogP contribution >= 0.6 is 0 Å². The maximum absolute atomic E-state index is 12.5. The molecule has 1 atom stereocenters. The van der Waals surface area contributed by atoms with E-state index in [1.807, 2.05) is 30.3 Å². The van der Waals surface area contributed by atoms with Gasteiger partial charge in [0.2, 0.25) is 5.89 Å². The van der Waals surface area contributed by atoms with Crippen molar-refractivity contribution in [1.29, 1.82) is 0 Å². The van der Waals surface area contributed by atoms with Gasteiger partial charge in [-0.25, -0.2) is 4.79 Å². The summed E-state index contributed by atoms with van der Waals surface area (Å²) in [5.41, 5.74) is 1.07. The van der Waals surface area contributed by atoms with Crippen LogP contribution in [0.25, 0.3) is 11.5 Å². The molecule has 7 nitrogen and oxygen atoms in total. The Labute approximate surface area is 150 Å². The standard InChI is InChI=1S/C19H18N2O5/c1-12(17-20-21-18(26-17)13-7-5-4-6-8-13)25-19(22)15-10-9-14(23-2)11-16(15)24-3/h4-12H,1-3H3/t12-/m0/s1. The molecule has 0 unspecified atom stereocenters. The van der Waals surface area contributed by atoms with E-state index in [1.54, 1.807) is 25.1 Å². The van der Waals surface area contributed by atoms with E-state index in [0.29, 0.717) is 17.4 Å². The van der Waals surface area contributed by atoms with Crippen LogP contribution in [0.4, 0.5) is 0 Å². The summed E-state index contributed by atoms with van der Waals surface area (Å²) in [6, 6.07) is 14.2. The van der Waals surface area contributed by atoms with Crippen molar-refractivity contribution in [2.45, 2.75) is 13.0 Å². The summed E-state index contributed by atoms with van der Waals surface area (Å²) >= 11 is 0. The van der Waals surface area contributed by atoms with E-state index in [1.165, 1.54) is 14.2 Å². The van der Waals surface area contributed by atoms with Crippen molar-refractivity contribution in [2.75, 3.05) is 14.2 Å². The van der Waals surface area contributed by atoms with Crippen LogP contribution in [0.1, 0.15) is 29.3 Å². The second kappa shape index (κ2) is 7.69. The molecule has 0 spiro atoms. The SMILES string of the molecule is COc1ccc(C(=O)O[C@@H](C)c2nnc(-c3ccccc3)o2)c(OC)c1. The van der Waals surface area contributed by atoms with Crippen LogP contribution < -0.4 is 9.47 Å². The number of nitrogens with zero attached hydrogens (tertiary/aromatic N) is 2. The summed E-state index contributed by atoms with van der Waals surface area (Å²) in [7, 11) is 3.01. The Balaban J connectivity index is 1.75. The lowest BCUT2D eigenvalue weighted by molar-refractivity contribution is 0.0276. The van der Waals surface area contributed by atoms with Gasteiger partial charge in [0.15, 0.2) is 6.10 Å². The highest BCUT2D eigenvalue weighted by Gasteiger charge is 2.22. The van der Waals surface area contributed by atoms with E-state index in [-0.39, 0.29) is 11.5 Å². The van der Waals surface area contributed by atoms with Gasteiger partial charge in [-0.2, -0.15) is 0 Å². The van der Waals surface area contributed by atoms with E-state index in [2.05, 4.69) is 10.2 Å². The molecule has 3 aromatic rings. The smallest absolute Gasteiger partial charge is 0.342 e. The van der Waals surface area contributed by atoms with Crippen LogP contribution in [0, 0.1) is 0 Å². The molecule has 0 bridgehead atoms. The van der Waals surface area contributed by atoms with Crippen molar-refractivity contribution in [3.63, 3.8) is 0 Å². The molecule has 7 heteroatoms. The van der Waals surface area contributed by atoms with Crippen molar-refractivity contribution >= 4 is 5.97 Å². The zero-order chi connectivity index (χ0) is 18.5. The number of ether oxygens (including phenoxy) is 3. The molecule has 0 N–H and O–H groups in total. The third-order valence-electron chi connectivity index (χ3n) is 3.72. The van der Waals surface area contributed by atoms with Gasteiger partial charge in [0.25, 0.3) is 5.89 Å². The number of rotatable bonds is 6. The van der Waals surface area contributed by atoms with Gasteiger partial charge in [0.05, 0.1) is 14.2 Å². The van der Waals surface area contributed by atoms with Crippen molar-refractivity contribution in [3.05, 3.63) is 60.0 Å². The zero-order valence-electron chi connectivity index (χ0n) is 14.6. The van der Waals surface area contributed by atoms with Crippen molar-refractivity contribution in [3.8, 4) is 23.0 Å². The number of esters is 1. The first-order chi connectivity index (χ1) is 12.6. The minimum Gasteiger partial charge on any atom is -0.497 e. The lowest BCUT2D eigenvalue weighted by atomic mass is 10.2. The van der Waals surface area contributed by atoms with Gasteiger partial charge in [-0.15, -0.1) is 10.2 Å². The summed E-state index contributed by atoms with van der Waals surface area (Å²) in [5, 5.41) is 7.96. The Bertz CT molecular complexity index is 892. The molecule has 0 saturated carbocycles. The topological polar surface area (TPSA) is 83.7 Å². The number of hydrogen-bond donors (Lipinski definition) is 0. The minimum atomic E-state index is -0.709. The van der Waals surface area contributed by atoms with Crippen molar-refractivity contribution < 1.29 is 23.4 Å². The lowest BCUT2D eigenvalue weighted by Gasteiger charge is -2.12. The van der Waals surface area contributed by atoms with Gasteiger partial charge in [-0.1, -0.05) is 18.2 Å². The fraction of sp³-hybridized carbons (Fsp3) is 0.211. The Hall–Kier alpha value is -3.35. The number of hydrogen-bond acceptors (Lipinski definition) is 7. The van der Waals surface area contributed by atoms with Crippen LogP contribution in [0.5, 0.6) is 11.5 Å². The number of methoxy groups -OCH3 is 2. The van der Waals surface area contributed by atoms with Crippen LogP contribution in [0.3, 0.4) is 0 Å². The number of benzene rings is 2. The fourth-order valence-corrected chi connectivity index (χ4v) is 2.34. The highest BCUT2D eigenvalue weighted by Crippen LogP contribution is 2.28. The molecule has 0 aliphatic rings. The Morgan fingerprint density at radius 2 is 1.81 bits per heavy atom. The van der Waals surface area contributed by atoms with E-state index in [4.69, 9.17) is 18.6 Å². The molecule has 0 radical (unpaired) electrons. The molecule has 2 aromatic carbocycles. The highest BCUT2D eigenvalue weighted by atomic mass is 16.6. The van der Waals surface area contributed by atoms with Gasteiger partial charge in [0.1, 0.15) is 17.1 Å². The van der Waals surface area contributed by atoms with E-state index < -0.39 is 12.1 Å². The average molecular weight is 354 g/mol. The number of carbonyl (C=O) groups is 1. The second-order valence-corrected chi connectivity index (χ2v) is 5.43. The fourth-order valence-electron chi connectivity index (χ4n) is 2.34. The first-order valence-corrected chi connectivity index (χ1v) is 7.94. The maximum atomic E-state index is 12.5. The largest absolute Gasteiger partial charge is 0.497 e. The molecular weight excluding hydrogens is 336 g/mol. The number of carbonyl (C=O) groups excluding carboxylic acids is 1. The second-order valence-electron chi connectivity index (χ2n) is 5.43. The molecule has 26 heavy (non-hydrogen) atoms. The average Bonchev–Trinajstić information content (AvgIpc) is 3.18. The van der Waals surface area contributed by atoms with E-state index >= 15 is 0 Å². The van der Waals surface area contributed by atoms with E-state index in [0.717, 1.165) is 5.56 Å². The molecule has 1 aromatic heterocycles. The summed E-state index contributed by atoms with van der Waals surface area (Å²) in [6.07, 6.45) is -0.709. The third kappa shape index (κ3) is 3.66. The maximum Gasteiger partial charge on any atom is 0.342 e. The summed E-state index contributed by atoms with van der Waals surface area (Å²) in [5.74, 6) is 0.958. The third-order valence-corrected chi connectivity index (χ3v) is 3.72. The molecule has 3 rings (SSSR count).